The van der Waals surface area contributed by atoms with Gasteiger partial charge in [-0.15, -0.1) is 0 Å². The van der Waals surface area contributed by atoms with E-state index in [1.807, 2.05) is 24.4 Å². The molecule has 0 spiro atoms. The third-order valence-electron chi connectivity index (χ3n) is 3.04. The van der Waals surface area contributed by atoms with Crippen molar-refractivity contribution in [1.82, 2.24) is 9.55 Å². The summed E-state index contributed by atoms with van der Waals surface area (Å²) in [6.45, 7) is 6.39. The zero-order valence-electron chi connectivity index (χ0n) is 11.2. The number of H-pyrrole nitrogens is 1. The summed E-state index contributed by atoms with van der Waals surface area (Å²) in [5, 5.41) is 0. The lowest BCUT2D eigenvalue weighted by molar-refractivity contribution is 0.414. The fourth-order valence-corrected chi connectivity index (χ4v) is 2.32. The number of imidazole rings is 1. The van der Waals surface area contributed by atoms with E-state index in [1.54, 1.807) is 7.11 Å². The van der Waals surface area contributed by atoms with E-state index in [2.05, 4.69) is 30.3 Å². The van der Waals surface area contributed by atoms with E-state index in [0.29, 0.717) is 5.92 Å². The summed E-state index contributed by atoms with van der Waals surface area (Å²) in [5.74, 6) is 1.28. The first-order chi connectivity index (χ1) is 8.54. The van der Waals surface area contributed by atoms with Crippen LogP contribution in [-0.2, 0) is 0 Å². The van der Waals surface area contributed by atoms with Crippen molar-refractivity contribution < 1.29 is 4.74 Å². The number of benzene rings is 1. The molecule has 2 aromatic rings. The second-order valence-electron chi connectivity index (χ2n) is 4.66. The van der Waals surface area contributed by atoms with Crippen LogP contribution in [0.3, 0.4) is 0 Å². The number of nitrogens with one attached hydrogen (secondary N) is 1. The van der Waals surface area contributed by atoms with Gasteiger partial charge in [0.05, 0.1) is 12.8 Å². The van der Waals surface area contributed by atoms with Crippen molar-refractivity contribution in [2.75, 3.05) is 7.11 Å². The number of hydrogen-bond acceptors (Lipinski definition) is 2. The van der Waals surface area contributed by atoms with Crippen molar-refractivity contribution in [3.8, 4) is 11.4 Å². The number of rotatable bonds is 3. The van der Waals surface area contributed by atoms with Gasteiger partial charge in [0.15, 0.2) is 4.77 Å². The summed E-state index contributed by atoms with van der Waals surface area (Å²) >= 11 is 5.37. The summed E-state index contributed by atoms with van der Waals surface area (Å²) in [6, 6.07) is 6.03. The topological polar surface area (TPSA) is 29.9 Å². The lowest BCUT2D eigenvalue weighted by Gasteiger charge is -2.14. The largest absolute Gasteiger partial charge is 0.497 e. The molecule has 1 aromatic heterocycles. The van der Waals surface area contributed by atoms with Crippen LogP contribution >= 0.6 is 12.2 Å². The van der Waals surface area contributed by atoms with Crippen molar-refractivity contribution in [2.45, 2.75) is 26.7 Å². The molecule has 0 amide bonds. The van der Waals surface area contributed by atoms with Crippen LogP contribution in [0, 0.1) is 11.7 Å². The van der Waals surface area contributed by atoms with E-state index < -0.39 is 0 Å². The predicted molar refractivity (Wildman–Crippen MR) is 76.3 cm³/mol. The zero-order chi connectivity index (χ0) is 13.3. The van der Waals surface area contributed by atoms with Crippen molar-refractivity contribution >= 4 is 12.2 Å². The molecule has 0 aliphatic carbocycles. The average Bonchev–Trinajstić information content (AvgIpc) is 2.71. The Kier molecular flexibility index (Phi) is 3.57. The molecule has 3 nitrogen and oxygen atoms in total. The Hall–Kier alpha value is -1.55. The molecule has 1 heterocycles. The second kappa shape index (κ2) is 4.98. The molecule has 0 saturated heterocycles. The minimum Gasteiger partial charge on any atom is -0.497 e. The molecular formula is C14H18N2OS. The van der Waals surface area contributed by atoms with Gasteiger partial charge in [-0.2, -0.15) is 0 Å². The molecule has 1 N–H and O–H groups in total. The van der Waals surface area contributed by atoms with Crippen LogP contribution in [-0.4, -0.2) is 16.7 Å². The first-order valence-corrected chi connectivity index (χ1v) is 6.40. The van der Waals surface area contributed by atoms with Gasteiger partial charge in [-0.3, -0.25) is 4.57 Å². The molecule has 0 unspecified atom stereocenters. The fraction of sp³-hybridized carbons (Fsp3) is 0.357. The van der Waals surface area contributed by atoms with E-state index in [4.69, 9.17) is 17.0 Å². The number of aromatic nitrogens is 2. The van der Waals surface area contributed by atoms with Crippen LogP contribution in [0.4, 0.5) is 0 Å². The lowest BCUT2D eigenvalue weighted by Crippen LogP contribution is -2.04. The molecule has 0 saturated carbocycles. The normalized spacial score (nSPS) is 10.9. The van der Waals surface area contributed by atoms with Gasteiger partial charge in [-0.05, 0) is 48.8 Å². The number of ether oxygens (including phenoxy) is 1. The molecule has 0 radical (unpaired) electrons. The molecular weight excluding hydrogens is 244 g/mol. The van der Waals surface area contributed by atoms with Crippen molar-refractivity contribution in [3.63, 3.8) is 0 Å². The van der Waals surface area contributed by atoms with E-state index in [-0.39, 0.29) is 0 Å². The Bertz CT molecular complexity index is 610. The van der Waals surface area contributed by atoms with Gasteiger partial charge in [0, 0.05) is 11.9 Å². The van der Waals surface area contributed by atoms with Gasteiger partial charge >= 0.3 is 0 Å². The minimum absolute atomic E-state index is 0.416. The number of nitrogens with zero attached hydrogens (tertiary/aromatic N) is 1. The lowest BCUT2D eigenvalue weighted by atomic mass is 10.1. The number of hydrogen-bond donors (Lipinski definition) is 1. The smallest absolute Gasteiger partial charge is 0.182 e. The summed E-state index contributed by atoms with van der Waals surface area (Å²) in [7, 11) is 1.68. The Morgan fingerprint density at radius 3 is 2.61 bits per heavy atom. The molecule has 0 aliphatic heterocycles. The van der Waals surface area contributed by atoms with Gasteiger partial charge in [0.25, 0.3) is 0 Å². The van der Waals surface area contributed by atoms with Crippen LogP contribution in [0.5, 0.6) is 5.75 Å². The monoisotopic (exact) mass is 262 g/mol. The maximum atomic E-state index is 5.37. The Morgan fingerprint density at radius 1 is 1.33 bits per heavy atom. The third-order valence-corrected chi connectivity index (χ3v) is 3.34. The van der Waals surface area contributed by atoms with Gasteiger partial charge in [0.1, 0.15) is 5.75 Å². The molecule has 96 valence electrons. The van der Waals surface area contributed by atoms with Crippen LogP contribution in [0.25, 0.3) is 5.69 Å². The molecule has 0 atom stereocenters. The van der Waals surface area contributed by atoms with Crippen LogP contribution < -0.4 is 4.74 Å². The molecule has 0 fully saturated rings. The first kappa shape index (κ1) is 12.9. The second-order valence-corrected chi connectivity index (χ2v) is 5.05. The molecule has 0 bridgehead atoms. The Balaban J connectivity index is 2.62. The Labute approximate surface area is 112 Å². The molecule has 2 rings (SSSR count). The van der Waals surface area contributed by atoms with E-state index in [0.717, 1.165) is 21.8 Å². The molecule has 4 heteroatoms. The van der Waals surface area contributed by atoms with Crippen molar-refractivity contribution in [3.05, 3.63) is 40.4 Å². The van der Waals surface area contributed by atoms with Gasteiger partial charge in [0.2, 0.25) is 0 Å². The van der Waals surface area contributed by atoms with Gasteiger partial charge in [-0.25, -0.2) is 0 Å². The van der Waals surface area contributed by atoms with Crippen LogP contribution in [0.15, 0.2) is 24.4 Å². The highest BCUT2D eigenvalue weighted by atomic mass is 32.1. The highest BCUT2D eigenvalue weighted by Crippen LogP contribution is 2.25. The van der Waals surface area contributed by atoms with E-state index in [1.165, 1.54) is 5.69 Å². The SMILES string of the molecule is COc1ccc(-n2c(C(C)C)c[nH]c2=S)c(C)c1. The highest BCUT2D eigenvalue weighted by molar-refractivity contribution is 7.71. The summed E-state index contributed by atoms with van der Waals surface area (Å²) in [4.78, 5) is 3.12. The average molecular weight is 262 g/mol. The molecule has 1 aromatic carbocycles. The summed E-state index contributed by atoms with van der Waals surface area (Å²) < 4.78 is 8.05. The Morgan fingerprint density at radius 2 is 2.06 bits per heavy atom. The van der Waals surface area contributed by atoms with Gasteiger partial charge < -0.3 is 9.72 Å². The fourth-order valence-electron chi connectivity index (χ4n) is 2.06. The van der Waals surface area contributed by atoms with E-state index in [9.17, 15) is 0 Å². The minimum atomic E-state index is 0.416. The van der Waals surface area contributed by atoms with Crippen LogP contribution in [0.2, 0.25) is 0 Å². The predicted octanol–water partition coefficient (Wildman–Crippen LogP) is 3.98. The summed E-state index contributed by atoms with van der Waals surface area (Å²) in [5.41, 5.74) is 3.44. The molecule has 0 aliphatic rings. The highest BCUT2D eigenvalue weighted by Gasteiger charge is 2.11. The van der Waals surface area contributed by atoms with Crippen LogP contribution in [0.1, 0.15) is 31.0 Å². The number of aromatic amines is 1. The standard InChI is InChI=1S/C14H18N2OS/c1-9(2)13-8-15-14(18)16(13)12-6-5-11(17-4)7-10(12)3/h5-9H,1-4H3,(H,15,18). The third kappa shape index (κ3) is 2.20. The number of methoxy groups -OCH3 is 1. The first-order valence-electron chi connectivity index (χ1n) is 6.00. The quantitative estimate of drug-likeness (QED) is 0.848. The zero-order valence-corrected chi connectivity index (χ0v) is 12.0. The summed E-state index contributed by atoms with van der Waals surface area (Å²) in [6.07, 6.45) is 1.98. The molecule has 18 heavy (non-hydrogen) atoms. The van der Waals surface area contributed by atoms with Crippen molar-refractivity contribution in [2.24, 2.45) is 0 Å². The van der Waals surface area contributed by atoms with Gasteiger partial charge in [-0.1, -0.05) is 13.8 Å². The number of aryl methyl sites for hydroxylation is 1. The maximum absolute atomic E-state index is 5.37. The maximum Gasteiger partial charge on any atom is 0.182 e. The van der Waals surface area contributed by atoms with E-state index >= 15 is 0 Å². The van der Waals surface area contributed by atoms with Crippen molar-refractivity contribution in [1.29, 1.82) is 0 Å².